The number of rotatable bonds is 6. The van der Waals surface area contributed by atoms with E-state index in [4.69, 9.17) is 0 Å². The number of nitrogens with zero attached hydrogens (tertiary/aromatic N) is 3. The second kappa shape index (κ2) is 8.92. The van der Waals surface area contributed by atoms with Crippen LogP contribution >= 0.6 is 0 Å². The molecule has 36 heavy (non-hydrogen) atoms. The second-order valence-electron chi connectivity index (χ2n) is 8.95. The lowest BCUT2D eigenvalue weighted by Crippen LogP contribution is -2.44. The van der Waals surface area contributed by atoms with Gasteiger partial charge in [-0.15, -0.1) is 0 Å². The van der Waals surface area contributed by atoms with Crippen LogP contribution in [0.4, 0.5) is 4.79 Å². The van der Waals surface area contributed by atoms with Gasteiger partial charge in [-0.1, -0.05) is 48.5 Å². The first-order chi connectivity index (χ1) is 17.3. The Labute approximate surface area is 206 Å². The molecule has 3 aromatic carbocycles. The molecular weight excluding hydrogens is 458 g/mol. The van der Waals surface area contributed by atoms with E-state index in [9.17, 15) is 19.2 Å². The summed E-state index contributed by atoms with van der Waals surface area (Å²) in [6, 6.07) is 19.7. The minimum Gasteiger partial charge on any atom is -0.334 e. The maximum absolute atomic E-state index is 13.4. The average molecular weight is 484 g/mol. The molecule has 1 fully saturated rings. The number of aromatic nitrogens is 2. The number of nitrogens with one attached hydrogen (secondary N) is 2. The number of urea groups is 1. The van der Waals surface area contributed by atoms with Crippen LogP contribution in [0, 0.1) is 0 Å². The van der Waals surface area contributed by atoms with E-state index in [0.717, 1.165) is 15.7 Å². The Hall–Kier alpha value is -4.53. The number of H-pyrrole nitrogens is 1. The van der Waals surface area contributed by atoms with Crippen LogP contribution < -0.4 is 10.9 Å². The zero-order valence-corrected chi connectivity index (χ0v) is 19.9. The van der Waals surface area contributed by atoms with Gasteiger partial charge in [-0.05, 0) is 48.4 Å². The Kier molecular flexibility index (Phi) is 5.75. The predicted molar refractivity (Wildman–Crippen MR) is 135 cm³/mol. The molecule has 0 saturated carbocycles. The highest BCUT2D eigenvalue weighted by atomic mass is 16.2. The maximum Gasteiger partial charge on any atom is 0.325 e. The molecule has 9 heteroatoms. The van der Waals surface area contributed by atoms with Gasteiger partial charge in [-0.2, -0.15) is 0 Å². The molecule has 2 N–H and O–H groups in total. The Bertz CT molecular complexity index is 1580. The number of carbonyl (C=O) groups excluding carboxylic acids is 3. The molecule has 1 aliphatic heterocycles. The second-order valence-corrected chi connectivity index (χ2v) is 8.95. The van der Waals surface area contributed by atoms with Gasteiger partial charge in [0.25, 0.3) is 11.5 Å². The van der Waals surface area contributed by atoms with E-state index in [-0.39, 0.29) is 12.1 Å². The van der Waals surface area contributed by atoms with Gasteiger partial charge >= 0.3 is 6.03 Å². The van der Waals surface area contributed by atoms with Gasteiger partial charge in [0, 0.05) is 6.54 Å². The molecule has 1 aliphatic rings. The smallest absolute Gasteiger partial charge is 0.325 e. The van der Waals surface area contributed by atoms with Crippen LogP contribution in [-0.2, 0) is 21.7 Å². The van der Waals surface area contributed by atoms with Gasteiger partial charge in [0.2, 0.25) is 5.91 Å². The summed E-state index contributed by atoms with van der Waals surface area (Å²) in [6.45, 7) is 3.35. The normalized spacial score (nSPS) is 17.6. The van der Waals surface area contributed by atoms with E-state index < -0.39 is 29.9 Å². The predicted octanol–water partition coefficient (Wildman–Crippen LogP) is 2.89. The first kappa shape index (κ1) is 23.2. The first-order valence-electron chi connectivity index (χ1n) is 11.7. The molecule has 9 nitrogen and oxygen atoms in total. The van der Waals surface area contributed by atoms with Crippen LogP contribution in [0.25, 0.3) is 21.7 Å². The summed E-state index contributed by atoms with van der Waals surface area (Å²) in [5, 5.41) is 5.19. The summed E-state index contributed by atoms with van der Waals surface area (Å²) < 4.78 is 0. The molecule has 4 amide bonds. The number of likely N-dealkylation sites (N-methyl/N-ethyl adjacent to an activating group) is 1. The monoisotopic (exact) mass is 483 g/mol. The zero-order valence-electron chi connectivity index (χ0n) is 19.9. The lowest BCUT2D eigenvalue weighted by molar-refractivity contribution is -0.139. The topological polar surface area (TPSA) is 115 Å². The number of fused-ring (bicyclic) bond motifs is 2. The highest BCUT2D eigenvalue weighted by Gasteiger charge is 2.49. The number of hydrogen-bond acceptors (Lipinski definition) is 5. The fourth-order valence-corrected chi connectivity index (χ4v) is 4.54. The van der Waals surface area contributed by atoms with E-state index >= 15 is 0 Å². The summed E-state index contributed by atoms with van der Waals surface area (Å²) in [6.07, 6.45) is 0. The summed E-state index contributed by atoms with van der Waals surface area (Å²) >= 11 is 0. The lowest BCUT2D eigenvalue weighted by Gasteiger charge is -2.24. The zero-order chi connectivity index (χ0) is 25.4. The van der Waals surface area contributed by atoms with Crippen LogP contribution in [0.15, 0.2) is 71.5 Å². The Morgan fingerprint density at radius 1 is 1.00 bits per heavy atom. The van der Waals surface area contributed by atoms with Gasteiger partial charge in [0.1, 0.15) is 17.9 Å². The van der Waals surface area contributed by atoms with Crippen LogP contribution in [0.1, 0.15) is 25.2 Å². The fraction of sp³-hybridized carbons (Fsp3) is 0.222. The number of carbonyl (C=O) groups is 3. The summed E-state index contributed by atoms with van der Waals surface area (Å²) in [5.74, 6) is -0.601. The number of benzene rings is 3. The third-order valence-electron chi connectivity index (χ3n) is 6.63. The quantitative estimate of drug-likeness (QED) is 0.409. The third kappa shape index (κ3) is 3.98. The van der Waals surface area contributed by atoms with E-state index in [1.165, 1.54) is 4.90 Å². The largest absolute Gasteiger partial charge is 0.334 e. The lowest BCUT2D eigenvalue weighted by atomic mass is 9.90. The minimum absolute atomic E-state index is 0.0427. The number of hydrogen-bond donors (Lipinski definition) is 2. The van der Waals surface area contributed by atoms with Gasteiger partial charge in [-0.25, -0.2) is 9.78 Å². The number of imide groups is 1. The van der Waals surface area contributed by atoms with Crippen molar-refractivity contribution in [2.24, 2.45) is 0 Å². The number of amides is 4. The van der Waals surface area contributed by atoms with Crippen LogP contribution in [0.2, 0.25) is 0 Å². The third-order valence-corrected chi connectivity index (χ3v) is 6.63. The molecular formula is C27H25N5O4. The van der Waals surface area contributed by atoms with E-state index in [1.54, 1.807) is 38.1 Å². The minimum atomic E-state index is -1.29. The Morgan fingerprint density at radius 2 is 1.72 bits per heavy atom. The van der Waals surface area contributed by atoms with Gasteiger partial charge in [0.05, 0.1) is 17.4 Å². The standard InChI is InChI=1S/C27H25N5O4/c1-3-31(15-22-28-21-11-7-6-10-20(21)24(34)29-22)23(33)16-32-25(35)27(2,30-26(32)36)19-13-12-17-8-4-5-9-18(17)14-19/h4-14H,3,15-16H2,1-2H3,(H,30,36)(H,28,29,34)/t27-/m0/s1. The van der Waals surface area contributed by atoms with Crippen LogP contribution in [-0.4, -0.2) is 50.7 Å². The molecule has 5 rings (SSSR count). The molecule has 1 atom stereocenters. The van der Waals surface area contributed by atoms with E-state index in [2.05, 4.69) is 15.3 Å². The van der Waals surface area contributed by atoms with Gasteiger partial charge < -0.3 is 15.2 Å². The summed E-state index contributed by atoms with van der Waals surface area (Å²) in [7, 11) is 0. The highest BCUT2D eigenvalue weighted by Crippen LogP contribution is 2.31. The van der Waals surface area contributed by atoms with Crippen molar-refractivity contribution in [2.45, 2.75) is 25.9 Å². The molecule has 0 bridgehead atoms. The van der Waals surface area contributed by atoms with Crippen molar-refractivity contribution in [1.82, 2.24) is 25.1 Å². The molecule has 0 radical (unpaired) electrons. The van der Waals surface area contributed by atoms with Crippen LogP contribution in [0.5, 0.6) is 0 Å². The molecule has 2 heterocycles. The van der Waals surface area contributed by atoms with Crippen molar-refractivity contribution in [3.63, 3.8) is 0 Å². The average Bonchev–Trinajstić information content (AvgIpc) is 3.10. The van der Waals surface area contributed by atoms with Gasteiger partial charge in [-0.3, -0.25) is 19.3 Å². The summed E-state index contributed by atoms with van der Waals surface area (Å²) in [5.41, 5.74) is -0.414. The summed E-state index contributed by atoms with van der Waals surface area (Å²) in [4.78, 5) is 61.2. The molecule has 0 aliphatic carbocycles. The van der Waals surface area contributed by atoms with E-state index in [0.29, 0.717) is 28.8 Å². The molecule has 0 spiro atoms. The molecule has 4 aromatic rings. The molecule has 0 unspecified atom stereocenters. The van der Waals surface area contributed by atoms with Crippen molar-refractivity contribution in [2.75, 3.05) is 13.1 Å². The molecule has 1 aromatic heterocycles. The van der Waals surface area contributed by atoms with Gasteiger partial charge in [0.15, 0.2) is 0 Å². The maximum atomic E-state index is 13.4. The van der Waals surface area contributed by atoms with Crippen LogP contribution in [0.3, 0.4) is 0 Å². The number of para-hydroxylation sites is 1. The SMILES string of the molecule is CCN(Cc1nc2ccccc2c(=O)[nH]1)C(=O)CN1C(=O)N[C@@](C)(c2ccc3ccccc3c2)C1=O. The Morgan fingerprint density at radius 3 is 2.50 bits per heavy atom. The fourth-order valence-electron chi connectivity index (χ4n) is 4.54. The van der Waals surface area contributed by atoms with Crippen molar-refractivity contribution in [1.29, 1.82) is 0 Å². The molecule has 182 valence electrons. The van der Waals surface area contributed by atoms with Crippen molar-refractivity contribution >= 4 is 39.5 Å². The molecule has 1 saturated heterocycles. The van der Waals surface area contributed by atoms with Crippen molar-refractivity contribution in [3.8, 4) is 0 Å². The highest BCUT2D eigenvalue weighted by molar-refractivity contribution is 6.09. The number of aromatic amines is 1. The first-order valence-corrected chi connectivity index (χ1v) is 11.7. The van der Waals surface area contributed by atoms with E-state index in [1.807, 2.05) is 42.5 Å². The van der Waals surface area contributed by atoms with Crippen molar-refractivity contribution < 1.29 is 14.4 Å². The Balaban J connectivity index is 1.35. The van der Waals surface area contributed by atoms with Crippen molar-refractivity contribution in [3.05, 3.63) is 88.5 Å².